The third-order valence-electron chi connectivity index (χ3n) is 6.20. The van der Waals surface area contributed by atoms with Gasteiger partial charge in [0.1, 0.15) is 5.75 Å². The number of nitrogens with one attached hydrogen (secondary N) is 3. The molecular weight excluding hydrogens is 530 g/mol. The van der Waals surface area contributed by atoms with Crippen LogP contribution in [0, 0.1) is 13.8 Å². The Morgan fingerprint density at radius 3 is 2.12 bits per heavy atom. The highest BCUT2D eigenvalue weighted by Crippen LogP contribution is 2.23. The third-order valence-corrected chi connectivity index (χ3v) is 7.55. The van der Waals surface area contributed by atoms with E-state index in [2.05, 4.69) is 25.3 Å². The van der Waals surface area contributed by atoms with Crippen LogP contribution in [-0.2, 0) is 23.1 Å². The van der Waals surface area contributed by atoms with Crippen LogP contribution in [0.15, 0.2) is 77.7 Å². The molecule has 0 fully saturated rings. The van der Waals surface area contributed by atoms with Crippen molar-refractivity contribution in [2.45, 2.75) is 37.9 Å². The van der Waals surface area contributed by atoms with Crippen LogP contribution in [0.25, 0.3) is 0 Å². The Morgan fingerprint density at radius 1 is 0.875 bits per heavy atom. The molecule has 6 N–H and O–H groups in total. The zero-order chi connectivity index (χ0) is 28.7. The number of hydrogen-bond acceptors (Lipinski definition) is 9. The van der Waals surface area contributed by atoms with Gasteiger partial charge in [-0.05, 0) is 92.5 Å². The van der Waals surface area contributed by atoms with Crippen molar-refractivity contribution in [1.82, 2.24) is 15.3 Å². The molecule has 0 spiro atoms. The van der Waals surface area contributed by atoms with Crippen LogP contribution in [0.5, 0.6) is 5.75 Å². The highest BCUT2D eigenvalue weighted by atomic mass is 32.2. The molecule has 0 radical (unpaired) electrons. The van der Waals surface area contributed by atoms with Gasteiger partial charge in [0.25, 0.3) is 10.0 Å². The number of aromatic hydroxyl groups is 1. The highest BCUT2D eigenvalue weighted by molar-refractivity contribution is 7.92. The molecule has 10 nitrogen and oxygen atoms in total. The summed E-state index contributed by atoms with van der Waals surface area (Å²) in [5.74, 6) is 0.0474. The monoisotopic (exact) mass is 563 g/mol. The second kappa shape index (κ2) is 12.9. The van der Waals surface area contributed by atoms with E-state index in [1.54, 1.807) is 44.2 Å². The number of anilines is 3. The van der Waals surface area contributed by atoms with E-state index in [1.165, 1.54) is 18.2 Å². The van der Waals surface area contributed by atoms with E-state index in [0.29, 0.717) is 35.6 Å². The zero-order valence-corrected chi connectivity index (χ0v) is 23.1. The molecule has 0 aliphatic carbocycles. The summed E-state index contributed by atoms with van der Waals surface area (Å²) >= 11 is 0. The summed E-state index contributed by atoms with van der Waals surface area (Å²) in [6.07, 6.45) is 0.00323. The number of phenols is 1. The minimum absolute atomic E-state index is 0.00564. The Morgan fingerprint density at radius 2 is 1.50 bits per heavy atom. The van der Waals surface area contributed by atoms with Gasteiger partial charge in [0.2, 0.25) is 5.95 Å². The first kappa shape index (κ1) is 29.0. The van der Waals surface area contributed by atoms with Crippen LogP contribution in [0.3, 0.4) is 0 Å². The predicted molar refractivity (Wildman–Crippen MR) is 154 cm³/mol. The smallest absolute Gasteiger partial charge is 0.264 e. The fourth-order valence-corrected chi connectivity index (χ4v) is 5.06. The molecule has 0 saturated heterocycles. The summed E-state index contributed by atoms with van der Waals surface area (Å²) < 4.78 is 27.9. The first-order chi connectivity index (χ1) is 19.1. The molecule has 0 bridgehead atoms. The third kappa shape index (κ3) is 7.76. The summed E-state index contributed by atoms with van der Waals surface area (Å²) in [5.41, 5.74) is 5.07. The van der Waals surface area contributed by atoms with Crippen LogP contribution in [0.4, 0.5) is 17.3 Å². The molecule has 3 aromatic carbocycles. The van der Waals surface area contributed by atoms with Crippen molar-refractivity contribution in [3.05, 3.63) is 101 Å². The van der Waals surface area contributed by atoms with Gasteiger partial charge in [-0.15, -0.1) is 0 Å². The largest absolute Gasteiger partial charge is 0.508 e. The van der Waals surface area contributed by atoms with Gasteiger partial charge in [0.05, 0.1) is 17.6 Å². The number of hydrogen-bond donors (Lipinski definition) is 6. The van der Waals surface area contributed by atoms with Gasteiger partial charge in [-0.1, -0.05) is 18.2 Å². The minimum atomic E-state index is -3.82. The fourth-order valence-electron chi connectivity index (χ4n) is 4.12. The molecule has 0 aliphatic rings. The maximum atomic E-state index is 12.7. The molecular formula is C29H33N5O5S. The van der Waals surface area contributed by atoms with E-state index in [4.69, 9.17) is 0 Å². The van der Waals surface area contributed by atoms with Crippen LogP contribution in [-0.4, -0.2) is 46.8 Å². The molecule has 1 heterocycles. The molecule has 40 heavy (non-hydrogen) atoms. The Bertz CT molecular complexity index is 1520. The lowest BCUT2D eigenvalue weighted by molar-refractivity contribution is 0.174. The number of benzene rings is 3. The molecule has 0 aliphatic heterocycles. The van der Waals surface area contributed by atoms with Crippen LogP contribution >= 0.6 is 0 Å². The van der Waals surface area contributed by atoms with Crippen molar-refractivity contribution in [3.63, 3.8) is 0 Å². The molecule has 1 atom stereocenters. The quantitative estimate of drug-likeness (QED) is 0.141. The lowest BCUT2D eigenvalue weighted by Crippen LogP contribution is -2.23. The maximum absolute atomic E-state index is 12.7. The average Bonchev–Trinajstić information content (AvgIpc) is 2.91. The van der Waals surface area contributed by atoms with Gasteiger partial charge in [-0.3, -0.25) is 0 Å². The van der Waals surface area contributed by atoms with Crippen LogP contribution < -0.4 is 15.4 Å². The van der Waals surface area contributed by atoms with Gasteiger partial charge < -0.3 is 26.0 Å². The first-order valence-corrected chi connectivity index (χ1v) is 14.2. The van der Waals surface area contributed by atoms with E-state index in [-0.39, 0.29) is 23.2 Å². The Labute approximate surface area is 233 Å². The summed E-state index contributed by atoms with van der Waals surface area (Å²) in [5, 5.41) is 35.8. The van der Waals surface area contributed by atoms with E-state index in [0.717, 1.165) is 23.4 Å². The number of aryl methyl sites for hydroxylation is 2. The molecule has 1 aromatic heterocycles. The number of rotatable bonds is 12. The number of aliphatic hydroxyl groups excluding tert-OH is 2. The van der Waals surface area contributed by atoms with E-state index >= 15 is 0 Å². The molecule has 11 heteroatoms. The van der Waals surface area contributed by atoms with E-state index < -0.39 is 16.1 Å². The number of aliphatic hydroxyl groups is 2. The molecule has 1 unspecified atom stereocenters. The van der Waals surface area contributed by atoms with Gasteiger partial charge in [0, 0.05) is 34.9 Å². The standard InChI is InChI=1S/C29H33N5O5S/c1-19-15-20(2)32-29(31-19)34-40(38,39)26-10-8-25(9-11-26)33-24-6-3-21(4-7-24)13-14-30-17-28(37)22-5-12-27(36)23(16-22)18-35/h3-12,15-16,28,30,33,35-37H,13-14,17-18H2,1-2H3,(H,31,32,34). The van der Waals surface area contributed by atoms with Gasteiger partial charge in [0.15, 0.2) is 0 Å². The molecule has 4 rings (SSSR count). The normalized spacial score (nSPS) is 12.2. The van der Waals surface area contributed by atoms with Crippen molar-refractivity contribution in [1.29, 1.82) is 0 Å². The number of aromatic nitrogens is 2. The SMILES string of the molecule is Cc1cc(C)nc(NS(=O)(=O)c2ccc(Nc3ccc(CCNCC(O)c4ccc(O)c(CO)c4)cc3)cc2)n1. The second-order valence-electron chi connectivity index (χ2n) is 9.44. The maximum Gasteiger partial charge on any atom is 0.264 e. The number of nitrogens with zero attached hydrogens (tertiary/aromatic N) is 2. The molecule has 210 valence electrons. The summed E-state index contributed by atoms with van der Waals surface area (Å²) in [6, 6.07) is 20.8. The minimum Gasteiger partial charge on any atom is -0.508 e. The Kier molecular flexibility index (Phi) is 9.33. The summed E-state index contributed by atoms with van der Waals surface area (Å²) in [4.78, 5) is 8.37. The number of sulfonamides is 1. The zero-order valence-electron chi connectivity index (χ0n) is 22.3. The molecule has 0 saturated carbocycles. The van der Waals surface area contributed by atoms with Crippen molar-refractivity contribution < 1.29 is 23.7 Å². The lowest BCUT2D eigenvalue weighted by Gasteiger charge is -2.14. The second-order valence-corrected chi connectivity index (χ2v) is 11.1. The average molecular weight is 564 g/mol. The van der Waals surface area contributed by atoms with Crippen molar-refractivity contribution in [2.75, 3.05) is 23.1 Å². The Hall–Kier alpha value is -4.03. The van der Waals surface area contributed by atoms with Gasteiger partial charge in [-0.2, -0.15) is 0 Å². The molecule has 4 aromatic rings. The Balaban J connectivity index is 1.26. The van der Waals surface area contributed by atoms with Gasteiger partial charge in [-0.25, -0.2) is 23.1 Å². The van der Waals surface area contributed by atoms with Crippen LogP contribution in [0.1, 0.15) is 34.2 Å². The van der Waals surface area contributed by atoms with Crippen molar-refractivity contribution in [3.8, 4) is 5.75 Å². The summed E-state index contributed by atoms with van der Waals surface area (Å²) in [7, 11) is -3.82. The van der Waals surface area contributed by atoms with E-state index in [9.17, 15) is 23.7 Å². The van der Waals surface area contributed by atoms with E-state index in [1.807, 2.05) is 24.3 Å². The summed E-state index contributed by atoms with van der Waals surface area (Å²) in [6.45, 7) is 4.26. The van der Waals surface area contributed by atoms with Crippen molar-refractivity contribution >= 4 is 27.3 Å². The van der Waals surface area contributed by atoms with Crippen molar-refractivity contribution in [2.24, 2.45) is 0 Å². The van der Waals surface area contributed by atoms with Gasteiger partial charge >= 0.3 is 0 Å². The highest BCUT2D eigenvalue weighted by Gasteiger charge is 2.16. The lowest BCUT2D eigenvalue weighted by atomic mass is 10.1. The molecule has 0 amide bonds. The fraction of sp³-hybridized carbons (Fsp3) is 0.241. The van der Waals surface area contributed by atoms with Crippen LogP contribution in [0.2, 0.25) is 0 Å². The predicted octanol–water partition coefficient (Wildman–Crippen LogP) is 3.70. The topological polar surface area (TPSA) is 157 Å². The first-order valence-electron chi connectivity index (χ1n) is 12.8.